The van der Waals surface area contributed by atoms with Crippen molar-refractivity contribution in [2.75, 3.05) is 26.5 Å². The summed E-state index contributed by atoms with van der Waals surface area (Å²) in [4.78, 5) is 0. The minimum atomic E-state index is -0.250. The highest BCUT2D eigenvalue weighted by molar-refractivity contribution is 5.70. The van der Waals surface area contributed by atoms with E-state index in [1.165, 1.54) is 43.2 Å². The van der Waals surface area contributed by atoms with Gasteiger partial charge in [-0.2, -0.15) is 0 Å². The van der Waals surface area contributed by atoms with Crippen LogP contribution in [0.1, 0.15) is 57.4 Å². The van der Waals surface area contributed by atoms with E-state index in [1.54, 1.807) is 0 Å². The summed E-state index contributed by atoms with van der Waals surface area (Å²) in [7, 11) is 0. The molecule has 5 N–H and O–H groups in total. The average Bonchev–Trinajstić information content (AvgIpc) is 2.85. The molecule has 0 fully saturated rings. The minimum Gasteiger partial charge on any atom is -0.493 e. The van der Waals surface area contributed by atoms with Crippen molar-refractivity contribution in [3.63, 3.8) is 0 Å². The molecule has 0 unspecified atom stereocenters. The van der Waals surface area contributed by atoms with Crippen LogP contribution in [0.5, 0.6) is 11.5 Å². The van der Waals surface area contributed by atoms with E-state index >= 15 is 0 Å². The number of unbranched alkanes of at least 4 members (excludes halogenated alkanes) is 4. The topological polar surface area (TPSA) is 90.7 Å². The van der Waals surface area contributed by atoms with Crippen LogP contribution in [0.15, 0.2) is 67.3 Å². The largest absolute Gasteiger partial charge is 0.493 e. The van der Waals surface area contributed by atoms with E-state index in [4.69, 9.17) is 20.3 Å². The van der Waals surface area contributed by atoms with Crippen molar-refractivity contribution < 1.29 is 14.6 Å². The molecule has 0 radical (unpaired) electrons. The van der Waals surface area contributed by atoms with Gasteiger partial charge in [0, 0.05) is 13.0 Å². The molecule has 0 spiro atoms. The van der Waals surface area contributed by atoms with Crippen molar-refractivity contribution in [2.45, 2.75) is 58.3 Å². The molecule has 0 aliphatic rings. The van der Waals surface area contributed by atoms with Crippen LogP contribution in [0.3, 0.4) is 0 Å². The van der Waals surface area contributed by atoms with Gasteiger partial charge < -0.3 is 26.0 Å². The number of aryl methyl sites for hydroxylation is 1. The summed E-state index contributed by atoms with van der Waals surface area (Å²) in [6, 6.07) is 14.8. The van der Waals surface area contributed by atoms with Crippen molar-refractivity contribution >= 4 is 0 Å². The molecule has 0 amide bonds. The van der Waals surface area contributed by atoms with Crippen molar-refractivity contribution in [3.8, 4) is 22.6 Å². The first-order valence-electron chi connectivity index (χ1n) is 12.4. The lowest BCUT2D eigenvalue weighted by Gasteiger charge is -2.15. The van der Waals surface area contributed by atoms with Gasteiger partial charge in [-0.05, 0) is 60.2 Å². The third-order valence-electron chi connectivity index (χ3n) is 5.38. The number of aliphatic hydroxyl groups excluding tert-OH is 1. The van der Waals surface area contributed by atoms with Gasteiger partial charge in [0.2, 0.25) is 0 Å². The molecule has 2 aromatic rings. The van der Waals surface area contributed by atoms with Crippen molar-refractivity contribution in [2.24, 2.45) is 11.5 Å². The lowest BCUT2D eigenvalue weighted by atomic mass is 9.95. The summed E-state index contributed by atoms with van der Waals surface area (Å²) in [5.74, 6) is 1.77. The van der Waals surface area contributed by atoms with Gasteiger partial charge in [-0.3, -0.25) is 0 Å². The Bertz CT molecular complexity index is 836. The van der Waals surface area contributed by atoms with Crippen LogP contribution in [0, 0.1) is 0 Å². The molecule has 0 bridgehead atoms. The maximum Gasteiger partial charge on any atom is 0.119 e. The molecule has 188 valence electrons. The number of hydrogen-bond donors (Lipinski definition) is 3. The lowest BCUT2D eigenvalue weighted by molar-refractivity contribution is 0.307. The maximum absolute atomic E-state index is 7.35. The molecule has 2 aromatic carbocycles. The van der Waals surface area contributed by atoms with E-state index in [2.05, 4.69) is 62.2 Å². The minimum absolute atomic E-state index is 0.250. The first-order valence-corrected chi connectivity index (χ1v) is 12.4. The molecule has 0 aliphatic carbocycles. The van der Waals surface area contributed by atoms with Crippen LogP contribution in [0.4, 0.5) is 0 Å². The predicted octanol–water partition coefficient (Wildman–Crippen LogP) is 6.00. The highest BCUT2D eigenvalue weighted by atomic mass is 16.5. The van der Waals surface area contributed by atoms with E-state index in [9.17, 15) is 0 Å². The van der Waals surface area contributed by atoms with Gasteiger partial charge in [-0.15, -0.1) is 6.58 Å². The van der Waals surface area contributed by atoms with Crippen molar-refractivity contribution in [3.05, 3.63) is 72.8 Å². The molecule has 34 heavy (non-hydrogen) atoms. The highest BCUT2D eigenvalue weighted by Gasteiger charge is 2.09. The molecular formula is C29H44N2O3. The molecular weight excluding hydrogens is 424 g/mol. The van der Waals surface area contributed by atoms with Gasteiger partial charge in [0.1, 0.15) is 11.5 Å². The molecule has 0 saturated carbocycles. The predicted molar refractivity (Wildman–Crippen MR) is 144 cm³/mol. The molecule has 0 atom stereocenters. The van der Waals surface area contributed by atoms with Gasteiger partial charge in [-0.1, -0.05) is 69.0 Å². The molecule has 0 saturated heterocycles. The number of ether oxygens (including phenoxy) is 2. The van der Waals surface area contributed by atoms with E-state index in [-0.39, 0.29) is 6.73 Å². The number of aliphatic hydroxyl groups is 1. The smallest absolute Gasteiger partial charge is 0.119 e. The Hall–Kier alpha value is -2.60. The SMILES string of the molecule is C=CCCOc1cccc(-c2cc(OCCC(=C)CN)ccc2CCCCCCC)c1.NCO. The van der Waals surface area contributed by atoms with Gasteiger partial charge in [0.25, 0.3) is 0 Å². The fourth-order valence-electron chi connectivity index (χ4n) is 3.48. The van der Waals surface area contributed by atoms with Gasteiger partial charge in [0.05, 0.1) is 19.9 Å². The Morgan fingerprint density at radius 2 is 1.68 bits per heavy atom. The number of rotatable bonds is 16. The zero-order valence-corrected chi connectivity index (χ0v) is 20.9. The summed E-state index contributed by atoms with van der Waals surface area (Å²) < 4.78 is 11.9. The highest BCUT2D eigenvalue weighted by Crippen LogP contribution is 2.32. The first-order chi connectivity index (χ1) is 16.6. The molecule has 0 aromatic heterocycles. The Kier molecular flexibility index (Phi) is 16.3. The summed E-state index contributed by atoms with van der Waals surface area (Å²) in [6.07, 6.45) is 10.9. The van der Waals surface area contributed by atoms with E-state index in [1.807, 2.05) is 12.1 Å². The van der Waals surface area contributed by atoms with Crippen molar-refractivity contribution in [1.29, 1.82) is 0 Å². The fraction of sp³-hybridized carbons (Fsp3) is 0.448. The Morgan fingerprint density at radius 1 is 0.971 bits per heavy atom. The quantitative estimate of drug-likeness (QED) is 0.160. The Labute approximate surface area is 206 Å². The molecule has 5 nitrogen and oxygen atoms in total. The molecule has 0 aliphatic heterocycles. The lowest BCUT2D eigenvalue weighted by Crippen LogP contribution is -2.06. The van der Waals surface area contributed by atoms with Gasteiger partial charge in [0.15, 0.2) is 0 Å². The monoisotopic (exact) mass is 468 g/mol. The summed E-state index contributed by atoms with van der Waals surface area (Å²) in [5.41, 5.74) is 14.8. The van der Waals surface area contributed by atoms with E-state index < -0.39 is 0 Å². The third-order valence-corrected chi connectivity index (χ3v) is 5.38. The van der Waals surface area contributed by atoms with Gasteiger partial charge >= 0.3 is 0 Å². The second-order valence-electron chi connectivity index (χ2n) is 8.17. The van der Waals surface area contributed by atoms with Crippen LogP contribution in [0.2, 0.25) is 0 Å². The zero-order chi connectivity index (χ0) is 25.0. The van der Waals surface area contributed by atoms with Crippen LogP contribution in [0.25, 0.3) is 11.1 Å². The first kappa shape index (κ1) is 29.4. The fourth-order valence-corrected chi connectivity index (χ4v) is 3.48. The van der Waals surface area contributed by atoms with E-state index in [0.717, 1.165) is 41.9 Å². The average molecular weight is 469 g/mol. The molecule has 2 rings (SSSR count). The van der Waals surface area contributed by atoms with Gasteiger partial charge in [-0.25, -0.2) is 0 Å². The Balaban J connectivity index is 0.00000182. The number of hydrogen-bond acceptors (Lipinski definition) is 5. The number of nitrogens with two attached hydrogens (primary N) is 2. The second-order valence-corrected chi connectivity index (χ2v) is 8.17. The summed E-state index contributed by atoms with van der Waals surface area (Å²) in [5, 5.41) is 7.35. The second kappa shape index (κ2) is 18.8. The molecule has 5 heteroatoms. The maximum atomic E-state index is 7.35. The standard InChI is InChI=1S/C28H39NO2.CH5NO/c1-4-6-8-9-10-12-24-15-16-27(31-19-17-23(3)22-29)21-28(24)25-13-11-14-26(20-25)30-18-7-5-2;2-1-3/h5,11,13-16,20-21H,2-4,6-10,12,17-19,22,29H2,1H3;3H,1-2H2. The zero-order valence-electron chi connectivity index (χ0n) is 20.9. The van der Waals surface area contributed by atoms with Crippen LogP contribution >= 0.6 is 0 Å². The summed E-state index contributed by atoms with van der Waals surface area (Å²) in [6.45, 7) is 11.5. The number of benzene rings is 2. The summed E-state index contributed by atoms with van der Waals surface area (Å²) >= 11 is 0. The van der Waals surface area contributed by atoms with Crippen LogP contribution < -0.4 is 20.9 Å². The third kappa shape index (κ3) is 12.0. The van der Waals surface area contributed by atoms with Crippen LogP contribution in [-0.4, -0.2) is 31.6 Å². The van der Waals surface area contributed by atoms with E-state index in [0.29, 0.717) is 19.8 Å². The van der Waals surface area contributed by atoms with Crippen molar-refractivity contribution in [1.82, 2.24) is 0 Å². The van der Waals surface area contributed by atoms with Crippen LogP contribution in [-0.2, 0) is 6.42 Å². The Morgan fingerprint density at radius 3 is 2.38 bits per heavy atom. The molecule has 0 heterocycles. The normalized spacial score (nSPS) is 10.2.